The molecular formula is C8H7BrN4O2. The van der Waals surface area contributed by atoms with Gasteiger partial charge in [0.2, 0.25) is 0 Å². The van der Waals surface area contributed by atoms with Gasteiger partial charge < -0.3 is 10.8 Å². The fourth-order valence-corrected chi connectivity index (χ4v) is 1.44. The number of nitrogens with zero attached hydrogens (tertiary/aromatic N) is 3. The van der Waals surface area contributed by atoms with Gasteiger partial charge in [0.1, 0.15) is 0 Å². The molecule has 0 fully saturated rings. The van der Waals surface area contributed by atoms with Crippen LogP contribution in [0.4, 0.5) is 0 Å². The number of rotatable bonds is 2. The van der Waals surface area contributed by atoms with Gasteiger partial charge in [-0.05, 0) is 28.1 Å². The molecule has 0 bridgehead atoms. The molecule has 78 valence electrons. The molecule has 0 amide bonds. The molecule has 0 saturated heterocycles. The molecule has 15 heavy (non-hydrogen) atoms. The predicted molar refractivity (Wildman–Crippen MR) is 55.3 cm³/mol. The van der Waals surface area contributed by atoms with Crippen molar-refractivity contribution < 1.29 is 9.90 Å². The Hall–Kier alpha value is -1.47. The smallest absolute Gasteiger partial charge is 0.328 e. The number of carboxylic acids is 1. The summed E-state index contributed by atoms with van der Waals surface area (Å²) in [4.78, 5) is 14.6. The van der Waals surface area contributed by atoms with Gasteiger partial charge in [0.15, 0.2) is 17.5 Å². The van der Waals surface area contributed by atoms with Crippen LogP contribution >= 0.6 is 15.9 Å². The fraction of sp³-hybridized carbons (Fsp3) is 0.125. The van der Waals surface area contributed by atoms with E-state index in [9.17, 15) is 4.79 Å². The Morgan fingerprint density at radius 1 is 1.60 bits per heavy atom. The highest BCUT2D eigenvalue weighted by atomic mass is 79.9. The maximum atomic E-state index is 10.6. The number of aliphatic carboxylic acids is 1. The summed E-state index contributed by atoms with van der Waals surface area (Å²) < 4.78 is 2.30. The number of hydrogen-bond acceptors (Lipinski definition) is 4. The maximum absolute atomic E-state index is 10.6. The van der Waals surface area contributed by atoms with Crippen molar-refractivity contribution in [3.63, 3.8) is 0 Å². The summed E-state index contributed by atoms with van der Waals surface area (Å²) in [7, 11) is 0. The summed E-state index contributed by atoms with van der Waals surface area (Å²) in [6, 6.07) is 2.32. The first-order chi connectivity index (χ1) is 7.08. The lowest BCUT2D eigenvalue weighted by atomic mass is 10.3. The average Bonchev–Trinajstić information content (AvgIpc) is 2.58. The van der Waals surface area contributed by atoms with Gasteiger partial charge in [-0.15, -0.1) is 5.10 Å². The lowest BCUT2D eigenvalue weighted by molar-refractivity contribution is -0.138. The molecule has 0 radical (unpaired) electrons. The molecule has 6 nitrogen and oxygen atoms in total. The fourth-order valence-electron chi connectivity index (χ4n) is 1.12. The third-order valence-corrected chi connectivity index (χ3v) is 2.32. The van der Waals surface area contributed by atoms with Crippen LogP contribution in [0.25, 0.3) is 5.65 Å². The van der Waals surface area contributed by atoms with Crippen LogP contribution in [-0.2, 0) is 4.79 Å². The summed E-state index contributed by atoms with van der Waals surface area (Å²) in [6.07, 6.45) is 1.68. The molecule has 2 rings (SSSR count). The van der Waals surface area contributed by atoms with E-state index in [1.807, 2.05) is 0 Å². The van der Waals surface area contributed by atoms with Gasteiger partial charge in [0.05, 0.1) is 0 Å². The molecule has 0 spiro atoms. The van der Waals surface area contributed by atoms with E-state index in [2.05, 4.69) is 26.0 Å². The zero-order valence-electron chi connectivity index (χ0n) is 7.46. The van der Waals surface area contributed by atoms with Gasteiger partial charge in [-0.1, -0.05) is 0 Å². The van der Waals surface area contributed by atoms with Crippen molar-refractivity contribution in [1.29, 1.82) is 0 Å². The maximum Gasteiger partial charge on any atom is 0.328 e. The van der Waals surface area contributed by atoms with E-state index in [-0.39, 0.29) is 5.82 Å². The third-order valence-electron chi connectivity index (χ3n) is 1.86. The van der Waals surface area contributed by atoms with Crippen molar-refractivity contribution in [2.24, 2.45) is 5.73 Å². The molecule has 0 aliphatic rings. The molecule has 1 unspecified atom stereocenters. The Balaban J connectivity index is 2.51. The van der Waals surface area contributed by atoms with Crippen LogP contribution in [0, 0.1) is 0 Å². The van der Waals surface area contributed by atoms with Crippen LogP contribution in [0.2, 0.25) is 0 Å². The van der Waals surface area contributed by atoms with Crippen LogP contribution in [0.15, 0.2) is 22.8 Å². The normalized spacial score (nSPS) is 12.9. The van der Waals surface area contributed by atoms with Gasteiger partial charge in [-0.3, -0.25) is 4.79 Å². The van der Waals surface area contributed by atoms with E-state index in [0.29, 0.717) is 5.65 Å². The Kier molecular flexibility index (Phi) is 2.41. The number of nitrogens with two attached hydrogens (primary N) is 1. The quantitative estimate of drug-likeness (QED) is 0.833. The van der Waals surface area contributed by atoms with Crippen molar-refractivity contribution in [3.05, 3.63) is 28.6 Å². The molecule has 2 aromatic rings. The Labute approximate surface area is 92.9 Å². The summed E-state index contributed by atoms with van der Waals surface area (Å²) in [5, 5.41) is 12.7. The first-order valence-electron chi connectivity index (χ1n) is 4.08. The SMILES string of the molecule is NC(C(=O)O)c1nc2ccc(Br)cn2n1. The molecule has 0 aliphatic carbocycles. The van der Waals surface area contributed by atoms with Crippen LogP contribution in [0.1, 0.15) is 11.9 Å². The summed E-state index contributed by atoms with van der Waals surface area (Å²) >= 11 is 3.27. The van der Waals surface area contributed by atoms with Crippen LogP contribution in [0.5, 0.6) is 0 Å². The number of fused-ring (bicyclic) bond motifs is 1. The number of pyridine rings is 1. The van der Waals surface area contributed by atoms with Crippen molar-refractivity contribution >= 4 is 27.5 Å². The topological polar surface area (TPSA) is 93.5 Å². The minimum atomic E-state index is -1.19. The minimum absolute atomic E-state index is 0.0978. The second-order valence-corrected chi connectivity index (χ2v) is 3.85. The highest BCUT2D eigenvalue weighted by molar-refractivity contribution is 9.10. The number of carbonyl (C=O) groups is 1. The summed E-state index contributed by atoms with van der Waals surface area (Å²) in [5.74, 6) is -1.05. The number of hydrogen-bond donors (Lipinski definition) is 2. The van der Waals surface area contributed by atoms with Gasteiger partial charge in [-0.25, -0.2) is 9.50 Å². The van der Waals surface area contributed by atoms with Crippen molar-refractivity contribution in [2.45, 2.75) is 6.04 Å². The molecule has 0 aromatic carbocycles. The van der Waals surface area contributed by atoms with Crippen LogP contribution < -0.4 is 5.73 Å². The molecule has 2 aromatic heterocycles. The van der Waals surface area contributed by atoms with Gasteiger partial charge in [0.25, 0.3) is 0 Å². The molecule has 1 atom stereocenters. The zero-order chi connectivity index (χ0) is 11.0. The first kappa shape index (κ1) is 10.1. The first-order valence-corrected chi connectivity index (χ1v) is 4.87. The van der Waals surface area contributed by atoms with E-state index in [1.165, 1.54) is 4.52 Å². The lowest BCUT2D eigenvalue weighted by Crippen LogP contribution is -2.22. The molecular weight excluding hydrogens is 264 g/mol. The summed E-state index contributed by atoms with van der Waals surface area (Å²) in [6.45, 7) is 0. The second-order valence-electron chi connectivity index (χ2n) is 2.94. The van der Waals surface area contributed by atoms with E-state index in [0.717, 1.165) is 4.47 Å². The monoisotopic (exact) mass is 270 g/mol. The molecule has 0 aliphatic heterocycles. The summed E-state index contributed by atoms with van der Waals surface area (Å²) in [5.41, 5.74) is 5.95. The van der Waals surface area contributed by atoms with Crippen molar-refractivity contribution in [3.8, 4) is 0 Å². The van der Waals surface area contributed by atoms with Gasteiger partial charge >= 0.3 is 5.97 Å². The van der Waals surface area contributed by atoms with E-state index in [4.69, 9.17) is 10.8 Å². The van der Waals surface area contributed by atoms with Gasteiger partial charge in [0, 0.05) is 10.7 Å². The van der Waals surface area contributed by atoms with E-state index < -0.39 is 12.0 Å². The molecule has 0 saturated carbocycles. The van der Waals surface area contributed by atoms with E-state index >= 15 is 0 Å². The standard InChI is InChI=1S/C8H7BrN4O2/c9-4-1-2-5-11-7(6(10)8(14)15)12-13(5)3-4/h1-3,6H,10H2,(H,14,15). The highest BCUT2D eigenvalue weighted by Gasteiger charge is 2.19. The molecule has 7 heteroatoms. The number of aromatic nitrogens is 3. The van der Waals surface area contributed by atoms with Crippen LogP contribution in [-0.4, -0.2) is 25.7 Å². The zero-order valence-corrected chi connectivity index (χ0v) is 9.05. The second kappa shape index (κ2) is 3.59. The molecule has 2 heterocycles. The lowest BCUT2D eigenvalue weighted by Gasteiger charge is -1.97. The Morgan fingerprint density at radius 2 is 2.33 bits per heavy atom. The average molecular weight is 271 g/mol. The number of halogens is 1. The highest BCUT2D eigenvalue weighted by Crippen LogP contribution is 2.12. The van der Waals surface area contributed by atoms with Crippen molar-refractivity contribution in [2.75, 3.05) is 0 Å². The third kappa shape index (κ3) is 1.83. The molecule has 3 N–H and O–H groups in total. The van der Waals surface area contributed by atoms with Crippen LogP contribution in [0.3, 0.4) is 0 Å². The van der Waals surface area contributed by atoms with E-state index in [1.54, 1.807) is 18.3 Å². The van der Waals surface area contributed by atoms with Crippen molar-refractivity contribution in [1.82, 2.24) is 14.6 Å². The van der Waals surface area contributed by atoms with Gasteiger partial charge in [-0.2, -0.15) is 0 Å². The minimum Gasteiger partial charge on any atom is -0.480 e. The Bertz CT molecular complexity index is 524. The Morgan fingerprint density at radius 3 is 3.00 bits per heavy atom. The largest absolute Gasteiger partial charge is 0.480 e. The number of carboxylic acid groups (broad SMARTS) is 1. The predicted octanol–water partition coefficient (Wildman–Crippen LogP) is 0.576.